The number of carbonyl (C=O) groups excluding carboxylic acids is 2. The van der Waals surface area contributed by atoms with Crippen molar-refractivity contribution in [2.24, 2.45) is 0 Å². The van der Waals surface area contributed by atoms with Gasteiger partial charge < -0.3 is 15.2 Å². The number of sulfone groups is 1. The predicted molar refractivity (Wildman–Crippen MR) is 106 cm³/mol. The van der Waals surface area contributed by atoms with E-state index in [9.17, 15) is 22.8 Å². The summed E-state index contributed by atoms with van der Waals surface area (Å²) in [6, 6.07) is 10.6. The van der Waals surface area contributed by atoms with Gasteiger partial charge in [-0.15, -0.1) is 0 Å². The third kappa shape index (κ3) is 6.34. The molecule has 0 fully saturated rings. The number of nitrogens with one attached hydrogen (secondary N) is 2. The molecular weight excluding hydrogens is 382 g/mol. The second kappa shape index (κ2) is 9.32. The average Bonchev–Trinajstić information content (AvgIpc) is 2.65. The van der Waals surface area contributed by atoms with Gasteiger partial charge in [0.05, 0.1) is 11.3 Å². The van der Waals surface area contributed by atoms with Crippen LogP contribution in [0, 0.1) is 0 Å². The van der Waals surface area contributed by atoms with Crippen molar-refractivity contribution in [3.8, 4) is 0 Å². The third-order valence-electron chi connectivity index (χ3n) is 3.98. The van der Waals surface area contributed by atoms with E-state index in [1.54, 1.807) is 7.05 Å². The molecule has 2 aromatic rings. The SMILES string of the molecule is CN(Cc1ccccc1)C(=O)c1cc(C(=O)NCCCS(C)(=O)=O)c[nH]c1=O. The topological polar surface area (TPSA) is 116 Å². The minimum atomic E-state index is -3.09. The number of aromatic amines is 1. The van der Waals surface area contributed by atoms with Crippen LogP contribution in [0.3, 0.4) is 0 Å². The summed E-state index contributed by atoms with van der Waals surface area (Å²) in [7, 11) is -1.52. The maximum absolute atomic E-state index is 12.6. The fourth-order valence-corrected chi connectivity index (χ4v) is 3.22. The highest BCUT2D eigenvalue weighted by Gasteiger charge is 2.18. The first-order valence-corrected chi connectivity index (χ1v) is 10.7. The van der Waals surface area contributed by atoms with Gasteiger partial charge in [-0.05, 0) is 18.1 Å². The van der Waals surface area contributed by atoms with Crippen LogP contribution >= 0.6 is 0 Å². The summed E-state index contributed by atoms with van der Waals surface area (Å²) in [5.41, 5.74) is 0.311. The molecule has 150 valence electrons. The number of carbonyl (C=O) groups is 2. The highest BCUT2D eigenvalue weighted by atomic mass is 32.2. The molecule has 0 aliphatic heterocycles. The Morgan fingerprint density at radius 1 is 1.18 bits per heavy atom. The van der Waals surface area contributed by atoms with Crippen molar-refractivity contribution in [3.05, 3.63) is 69.6 Å². The number of pyridine rings is 1. The molecule has 1 aromatic heterocycles. The van der Waals surface area contributed by atoms with Gasteiger partial charge in [-0.25, -0.2) is 8.42 Å². The van der Waals surface area contributed by atoms with E-state index in [-0.39, 0.29) is 29.8 Å². The molecule has 8 nitrogen and oxygen atoms in total. The molecular formula is C19H23N3O5S. The number of aromatic nitrogens is 1. The Hall–Kier alpha value is -2.94. The van der Waals surface area contributed by atoms with E-state index in [0.717, 1.165) is 11.8 Å². The van der Waals surface area contributed by atoms with Gasteiger partial charge in [0.1, 0.15) is 15.4 Å². The summed E-state index contributed by atoms with van der Waals surface area (Å²) in [4.78, 5) is 40.7. The van der Waals surface area contributed by atoms with Crippen LogP contribution in [0.25, 0.3) is 0 Å². The normalized spacial score (nSPS) is 11.1. The smallest absolute Gasteiger partial charge is 0.260 e. The van der Waals surface area contributed by atoms with E-state index in [1.165, 1.54) is 17.2 Å². The first-order valence-electron chi connectivity index (χ1n) is 8.65. The van der Waals surface area contributed by atoms with Crippen molar-refractivity contribution in [1.82, 2.24) is 15.2 Å². The van der Waals surface area contributed by atoms with Crippen LogP contribution in [-0.4, -0.2) is 55.7 Å². The molecule has 0 saturated heterocycles. The number of nitrogens with zero attached hydrogens (tertiary/aromatic N) is 1. The summed E-state index contributed by atoms with van der Waals surface area (Å²) in [5, 5.41) is 2.58. The van der Waals surface area contributed by atoms with Gasteiger partial charge in [0.25, 0.3) is 17.4 Å². The lowest BCUT2D eigenvalue weighted by molar-refractivity contribution is 0.0783. The Morgan fingerprint density at radius 2 is 1.86 bits per heavy atom. The molecule has 2 rings (SSSR count). The molecule has 28 heavy (non-hydrogen) atoms. The summed E-state index contributed by atoms with van der Waals surface area (Å²) < 4.78 is 22.2. The van der Waals surface area contributed by atoms with Crippen molar-refractivity contribution in [2.45, 2.75) is 13.0 Å². The number of amides is 2. The van der Waals surface area contributed by atoms with Crippen LogP contribution in [0.15, 0.2) is 47.4 Å². The fraction of sp³-hybridized carbons (Fsp3) is 0.316. The Morgan fingerprint density at radius 3 is 2.50 bits per heavy atom. The van der Waals surface area contributed by atoms with Crippen LogP contribution in [0.1, 0.15) is 32.7 Å². The molecule has 1 heterocycles. The summed E-state index contributed by atoms with van der Waals surface area (Å²) in [5.74, 6) is -1.03. The zero-order valence-electron chi connectivity index (χ0n) is 15.8. The fourth-order valence-electron chi connectivity index (χ4n) is 2.55. The molecule has 0 radical (unpaired) electrons. The Bertz CT molecular complexity index is 1000. The van der Waals surface area contributed by atoms with Crippen molar-refractivity contribution < 1.29 is 18.0 Å². The first kappa shape index (κ1) is 21.4. The van der Waals surface area contributed by atoms with E-state index in [1.807, 2.05) is 30.3 Å². The van der Waals surface area contributed by atoms with Gasteiger partial charge in [0.15, 0.2) is 0 Å². The lowest BCUT2D eigenvalue weighted by atomic mass is 10.1. The zero-order chi connectivity index (χ0) is 20.7. The first-order chi connectivity index (χ1) is 13.2. The van der Waals surface area contributed by atoms with Gasteiger partial charge in [-0.3, -0.25) is 14.4 Å². The van der Waals surface area contributed by atoms with Crippen LogP contribution in [0.5, 0.6) is 0 Å². The van der Waals surface area contributed by atoms with Crippen LogP contribution in [-0.2, 0) is 16.4 Å². The Balaban J connectivity index is 2.06. The quantitative estimate of drug-likeness (QED) is 0.631. The minimum absolute atomic E-state index is 0.0348. The van der Waals surface area contributed by atoms with Gasteiger partial charge in [-0.1, -0.05) is 30.3 Å². The summed E-state index contributed by atoms with van der Waals surface area (Å²) in [6.45, 7) is 0.489. The van der Waals surface area contributed by atoms with Crippen molar-refractivity contribution in [3.63, 3.8) is 0 Å². The van der Waals surface area contributed by atoms with Crippen molar-refractivity contribution in [1.29, 1.82) is 0 Å². The van der Waals surface area contributed by atoms with Crippen LogP contribution < -0.4 is 10.9 Å². The number of hydrogen-bond donors (Lipinski definition) is 2. The molecule has 2 N–H and O–H groups in total. The zero-order valence-corrected chi connectivity index (χ0v) is 16.6. The van der Waals surface area contributed by atoms with Gasteiger partial charge in [-0.2, -0.15) is 0 Å². The molecule has 0 spiro atoms. The minimum Gasteiger partial charge on any atom is -0.352 e. The molecule has 0 aliphatic rings. The number of hydrogen-bond acceptors (Lipinski definition) is 5. The molecule has 0 aliphatic carbocycles. The highest BCUT2D eigenvalue weighted by Crippen LogP contribution is 2.07. The second-order valence-corrected chi connectivity index (χ2v) is 8.78. The van der Waals surface area contributed by atoms with E-state index < -0.39 is 27.2 Å². The van der Waals surface area contributed by atoms with Crippen LogP contribution in [0.4, 0.5) is 0 Å². The standard InChI is InChI=1S/C19H23N3O5S/c1-22(13-14-7-4-3-5-8-14)19(25)16-11-15(12-21-18(16)24)17(23)20-9-6-10-28(2,26)27/h3-5,7-8,11-12H,6,9-10,13H2,1-2H3,(H,20,23)(H,21,24). The number of H-pyrrole nitrogens is 1. The maximum Gasteiger partial charge on any atom is 0.260 e. The Kier molecular flexibility index (Phi) is 7.11. The molecule has 2 amide bonds. The molecule has 0 saturated carbocycles. The van der Waals surface area contributed by atoms with Gasteiger partial charge >= 0.3 is 0 Å². The third-order valence-corrected chi connectivity index (χ3v) is 5.01. The second-order valence-electron chi connectivity index (χ2n) is 6.52. The van der Waals surface area contributed by atoms with Crippen molar-refractivity contribution >= 4 is 21.7 Å². The highest BCUT2D eigenvalue weighted by molar-refractivity contribution is 7.90. The molecule has 0 atom stereocenters. The summed E-state index contributed by atoms with van der Waals surface area (Å²) in [6.07, 6.45) is 2.63. The van der Waals surface area contributed by atoms with Gasteiger partial charge in [0.2, 0.25) is 0 Å². The molecule has 1 aromatic carbocycles. The largest absolute Gasteiger partial charge is 0.352 e. The molecule has 0 bridgehead atoms. The van der Waals surface area contributed by atoms with E-state index >= 15 is 0 Å². The van der Waals surface area contributed by atoms with Crippen LogP contribution in [0.2, 0.25) is 0 Å². The monoisotopic (exact) mass is 405 g/mol. The number of rotatable bonds is 8. The van der Waals surface area contributed by atoms with Crippen molar-refractivity contribution in [2.75, 3.05) is 25.6 Å². The average molecular weight is 405 g/mol. The number of benzene rings is 1. The molecule has 9 heteroatoms. The van der Waals surface area contributed by atoms with E-state index in [2.05, 4.69) is 10.3 Å². The molecule has 0 unspecified atom stereocenters. The Labute approximate surface area is 163 Å². The summed E-state index contributed by atoms with van der Waals surface area (Å²) >= 11 is 0. The predicted octanol–water partition coefficient (Wildman–Crippen LogP) is 0.812. The van der Waals surface area contributed by atoms with E-state index in [4.69, 9.17) is 0 Å². The maximum atomic E-state index is 12.6. The van der Waals surface area contributed by atoms with E-state index in [0.29, 0.717) is 6.54 Å². The lowest BCUT2D eigenvalue weighted by Gasteiger charge is -2.17. The lowest BCUT2D eigenvalue weighted by Crippen LogP contribution is -2.33. The van der Waals surface area contributed by atoms with Gasteiger partial charge in [0, 0.05) is 32.6 Å².